The Kier molecular flexibility index (Phi) is 3.01. The molecule has 15 heavy (non-hydrogen) atoms. The number of hydrogen-bond acceptors (Lipinski definition) is 2. The quantitative estimate of drug-likeness (QED) is 0.900. The van der Waals surface area contributed by atoms with Crippen LogP contribution in [-0.4, -0.2) is 9.97 Å². The number of H-pyrrole nitrogens is 1. The first-order chi connectivity index (χ1) is 7.25. The number of imidazole rings is 1. The predicted octanol–water partition coefficient (Wildman–Crippen LogP) is 2.92. The molecule has 2 N–H and O–H groups in total. The average Bonchev–Trinajstić information content (AvgIpc) is 2.73. The van der Waals surface area contributed by atoms with Crippen LogP contribution in [0.25, 0.3) is 0 Å². The SMILES string of the molecule is Fc1ccc(NCc2ncc[nH]2)cc1Br. The van der Waals surface area contributed by atoms with Crippen LogP contribution in [0, 0.1) is 5.82 Å². The fourth-order valence-corrected chi connectivity index (χ4v) is 1.57. The van der Waals surface area contributed by atoms with Crippen molar-refractivity contribution in [1.29, 1.82) is 0 Å². The number of nitrogens with one attached hydrogen (secondary N) is 2. The number of halogens is 2. The van der Waals surface area contributed by atoms with Crippen LogP contribution in [-0.2, 0) is 6.54 Å². The third-order valence-electron chi connectivity index (χ3n) is 1.93. The minimum absolute atomic E-state index is 0.265. The predicted molar refractivity (Wildman–Crippen MR) is 60.0 cm³/mol. The number of aromatic amines is 1. The Bertz CT molecular complexity index is 442. The molecule has 3 nitrogen and oxygen atoms in total. The van der Waals surface area contributed by atoms with Crippen molar-refractivity contribution in [2.75, 3.05) is 5.32 Å². The van der Waals surface area contributed by atoms with Crippen molar-refractivity contribution >= 4 is 21.6 Å². The molecule has 0 saturated carbocycles. The third kappa shape index (κ3) is 2.56. The van der Waals surface area contributed by atoms with Crippen molar-refractivity contribution in [1.82, 2.24) is 9.97 Å². The molecule has 0 atom stereocenters. The molecule has 0 saturated heterocycles. The number of nitrogens with zero attached hydrogens (tertiary/aromatic N) is 1. The molecule has 1 aromatic carbocycles. The number of anilines is 1. The van der Waals surface area contributed by atoms with Crippen LogP contribution in [0.2, 0.25) is 0 Å². The summed E-state index contributed by atoms with van der Waals surface area (Å²) < 4.78 is 13.4. The zero-order chi connectivity index (χ0) is 10.7. The van der Waals surface area contributed by atoms with Gasteiger partial charge in [-0.1, -0.05) is 0 Å². The Morgan fingerprint density at radius 1 is 1.47 bits per heavy atom. The van der Waals surface area contributed by atoms with E-state index < -0.39 is 0 Å². The van der Waals surface area contributed by atoms with Crippen LogP contribution in [0.1, 0.15) is 5.82 Å². The lowest BCUT2D eigenvalue weighted by molar-refractivity contribution is 0.621. The van der Waals surface area contributed by atoms with Gasteiger partial charge < -0.3 is 10.3 Å². The van der Waals surface area contributed by atoms with Gasteiger partial charge in [0.2, 0.25) is 0 Å². The van der Waals surface area contributed by atoms with Gasteiger partial charge in [-0.2, -0.15) is 0 Å². The van der Waals surface area contributed by atoms with Gasteiger partial charge in [0.25, 0.3) is 0 Å². The summed E-state index contributed by atoms with van der Waals surface area (Å²) in [4.78, 5) is 7.04. The van der Waals surface area contributed by atoms with Gasteiger partial charge in [0.15, 0.2) is 0 Å². The molecule has 0 aliphatic carbocycles. The molecule has 0 bridgehead atoms. The van der Waals surface area contributed by atoms with Gasteiger partial charge in [-0.25, -0.2) is 9.37 Å². The lowest BCUT2D eigenvalue weighted by Crippen LogP contribution is -2.01. The molecule has 0 amide bonds. The summed E-state index contributed by atoms with van der Waals surface area (Å²) in [5.41, 5.74) is 0.847. The minimum atomic E-state index is -0.265. The van der Waals surface area contributed by atoms with E-state index in [-0.39, 0.29) is 5.82 Å². The monoisotopic (exact) mass is 269 g/mol. The minimum Gasteiger partial charge on any atom is -0.378 e. The van der Waals surface area contributed by atoms with Crippen molar-refractivity contribution in [2.45, 2.75) is 6.54 Å². The van der Waals surface area contributed by atoms with Crippen LogP contribution < -0.4 is 5.32 Å². The maximum atomic E-state index is 12.9. The number of rotatable bonds is 3. The third-order valence-corrected chi connectivity index (χ3v) is 2.54. The smallest absolute Gasteiger partial charge is 0.137 e. The van der Waals surface area contributed by atoms with Crippen LogP contribution in [0.4, 0.5) is 10.1 Å². The van der Waals surface area contributed by atoms with Crippen LogP contribution in [0.3, 0.4) is 0 Å². The fraction of sp³-hybridized carbons (Fsp3) is 0.100. The van der Waals surface area contributed by atoms with Crippen LogP contribution in [0.15, 0.2) is 35.1 Å². The van der Waals surface area contributed by atoms with E-state index in [1.165, 1.54) is 6.07 Å². The highest BCUT2D eigenvalue weighted by molar-refractivity contribution is 9.10. The first-order valence-electron chi connectivity index (χ1n) is 4.43. The Hall–Kier alpha value is -1.36. The molecule has 0 spiro atoms. The summed E-state index contributed by atoms with van der Waals surface area (Å²) in [5, 5.41) is 3.12. The highest BCUT2D eigenvalue weighted by Crippen LogP contribution is 2.20. The molecule has 78 valence electrons. The Morgan fingerprint density at radius 2 is 2.33 bits per heavy atom. The summed E-state index contributed by atoms with van der Waals surface area (Å²) in [7, 11) is 0. The lowest BCUT2D eigenvalue weighted by Gasteiger charge is -2.05. The molecule has 0 aliphatic heterocycles. The number of aromatic nitrogens is 2. The second kappa shape index (κ2) is 4.44. The molecule has 5 heteroatoms. The number of hydrogen-bond donors (Lipinski definition) is 2. The van der Waals surface area contributed by atoms with E-state index >= 15 is 0 Å². The van der Waals surface area contributed by atoms with E-state index in [9.17, 15) is 4.39 Å². The van der Waals surface area contributed by atoms with E-state index in [0.717, 1.165) is 11.5 Å². The van der Waals surface area contributed by atoms with Gasteiger partial charge in [0.1, 0.15) is 11.6 Å². The Morgan fingerprint density at radius 3 is 3.00 bits per heavy atom. The van der Waals surface area contributed by atoms with Crippen molar-refractivity contribution in [3.8, 4) is 0 Å². The summed E-state index contributed by atoms with van der Waals surface area (Å²) in [6.07, 6.45) is 3.45. The van der Waals surface area contributed by atoms with Gasteiger partial charge in [-0.05, 0) is 34.1 Å². The van der Waals surface area contributed by atoms with Crippen LogP contribution >= 0.6 is 15.9 Å². The van der Waals surface area contributed by atoms with Gasteiger partial charge in [-0.3, -0.25) is 0 Å². The molecule has 0 aliphatic rings. The van der Waals surface area contributed by atoms with E-state index in [0.29, 0.717) is 11.0 Å². The van der Waals surface area contributed by atoms with E-state index in [1.807, 2.05) is 0 Å². The van der Waals surface area contributed by atoms with Crippen molar-refractivity contribution in [2.24, 2.45) is 0 Å². The molecule has 0 unspecified atom stereocenters. The summed E-state index contributed by atoms with van der Waals surface area (Å²) in [6.45, 7) is 0.588. The van der Waals surface area contributed by atoms with Gasteiger partial charge >= 0.3 is 0 Å². The van der Waals surface area contributed by atoms with Crippen molar-refractivity contribution in [3.63, 3.8) is 0 Å². The fourth-order valence-electron chi connectivity index (χ4n) is 1.19. The highest BCUT2D eigenvalue weighted by atomic mass is 79.9. The lowest BCUT2D eigenvalue weighted by atomic mass is 10.3. The second-order valence-electron chi connectivity index (χ2n) is 3.02. The van der Waals surface area contributed by atoms with Gasteiger partial charge in [0.05, 0.1) is 11.0 Å². The first kappa shape index (κ1) is 10.2. The molecule has 2 rings (SSSR count). The van der Waals surface area contributed by atoms with Gasteiger partial charge in [0, 0.05) is 18.1 Å². The molecule has 1 heterocycles. The summed E-state index contributed by atoms with van der Waals surface area (Å²) >= 11 is 3.13. The second-order valence-corrected chi connectivity index (χ2v) is 3.87. The molecular weight excluding hydrogens is 261 g/mol. The van der Waals surface area contributed by atoms with E-state index in [2.05, 4.69) is 31.2 Å². The summed E-state index contributed by atoms with van der Waals surface area (Å²) in [6, 6.07) is 4.79. The molecule has 2 aromatic rings. The van der Waals surface area contributed by atoms with Gasteiger partial charge in [-0.15, -0.1) is 0 Å². The maximum absolute atomic E-state index is 12.9. The maximum Gasteiger partial charge on any atom is 0.137 e. The molecular formula is C10H9BrFN3. The van der Waals surface area contributed by atoms with E-state index in [4.69, 9.17) is 0 Å². The summed E-state index contributed by atoms with van der Waals surface area (Å²) in [5.74, 6) is 0.578. The Balaban J connectivity index is 2.02. The standard InChI is InChI=1S/C10H9BrFN3/c11-8-5-7(1-2-9(8)12)15-6-10-13-3-4-14-10/h1-5,15H,6H2,(H,13,14). The van der Waals surface area contributed by atoms with Crippen molar-refractivity contribution < 1.29 is 4.39 Å². The zero-order valence-corrected chi connectivity index (χ0v) is 9.38. The van der Waals surface area contributed by atoms with Crippen molar-refractivity contribution in [3.05, 3.63) is 46.7 Å². The van der Waals surface area contributed by atoms with E-state index in [1.54, 1.807) is 24.5 Å². The highest BCUT2D eigenvalue weighted by Gasteiger charge is 2.00. The largest absolute Gasteiger partial charge is 0.378 e. The zero-order valence-electron chi connectivity index (χ0n) is 7.80. The molecule has 1 aromatic heterocycles. The molecule has 0 radical (unpaired) electrons. The number of benzene rings is 1. The first-order valence-corrected chi connectivity index (χ1v) is 5.22. The normalized spacial score (nSPS) is 10.3. The Labute approximate surface area is 94.9 Å². The van der Waals surface area contributed by atoms with Crippen LogP contribution in [0.5, 0.6) is 0 Å². The average molecular weight is 270 g/mol. The topological polar surface area (TPSA) is 40.7 Å². The molecule has 0 fully saturated rings.